The predicted octanol–water partition coefficient (Wildman–Crippen LogP) is 1.53. The molecule has 0 amide bonds. The largest absolute Gasteiger partial charge is 0.497 e. The fraction of sp³-hybridized carbons (Fsp3) is 0.500. The lowest BCUT2D eigenvalue weighted by Crippen LogP contribution is -2.36. The van der Waals surface area contributed by atoms with Crippen molar-refractivity contribution >= 4 is 5.96 Å². The van der Waals surface area contributed by atoms with Crippen molar-refractivity contribution in [3.63, 3.8) is 0 Å². The van der Waals surface area contributed by atoms with Crippen LogP contribution in [0.3, 0.4) is 0 Å². The monoisotopic (exact) mass is 263 g/mol. The third-order valence-electron chi connectivity index (χ3n) is 3.08. The van der Waals surface area contributed by atoms with Gasteiger partial charge in [-0.1, -0.05) is 0 Å². The van der Waals surface area contributed by atoms with Crippen LogP contribution in [0.25, 0.3) is 0 Å². The summed E-state index contributed by atoms with van der Waals surface area (Å²) >= 11 is 0. The summed E-state index contributed by atoms with van der Waals surface area (Å²) in [5, 5.41) is 6.59. The molecule has 0 radical (unpaired) electrons. The zero-order valence-electron chi connectivity index (χ0n) is 11.5. The molecule has 0 saturated heterocycles. The summed E-state index contributed by atoms with van der Waals surface area (Å²) in [6.45, 7) is 2.51. The van der Waals surface area contributed by atoms with Crippen LogP contribution in [0.5, 0.6) is 11.5 Å². The lowest BCUT2D eigenvalue weighted by atomic mass is 10.2. The Bertz CT molecular complexity index is 446. The highest BCUT2D eigenvalue weighted by Gasteiger charge is 2.07. The number of aliphatic imine (C=N–C) groups is 1. The van der Waals surface area contributed by atoms with Crippen LogP contribution in [0.2, 0.25) is 0 Å². The summed E-state index contributed by atoms with van der Waals surface area (Å²) in [5.74, 6) is 2.54. The number of nitrogens with one attached hydrogen (secondary N) is 2. The first-order chi connectivity index (χ1) is 9.33. The number of guanidine groups is 1. The first kappa shape index (κ1) is 13.5. The van der Waals surface area contributed by atoms with E-state index in [2.05, 4.69) is 15.6 Å². The van der Waals surface area contributed by atoms with Gasteiger partial charge in [0.25, 0.3) is 0 Å². The van der Waals surface area contributed by atoms with E-state index in [4.69, 9.17) is 9.47 Å². The first-order valence-electron chi connectivity index (χ1n) is 6.56. The molecule has 19 heavy (non-hydrogen) atoms. The number of hydrogen-bond acceptors (Lipinski definition) is 5. The van der Waals surface area contributed by atoms with Gasteiger partial charge in [-0.25, -0.2) is 0 Å². The minimum atomic E-state index is 0.659. The number of methoxy groups -OCH3 is 2. The Kier molecular flexibility index (Phi) is 4.89. The van der Waals surface area contributed by atoms with Gasteiger partial charge in [-0.15, -0.1) is 0 Å². The van der Waals surface area contributed by atoms with Gasteiger partial charge in [-0.2, -0.15) is 0 Å². The Morgan fingerprint density at radius 1 is 1.26 bits per heavy atom. The Morgan fingerprint density at radius 3 is 2.95 bits per heavy atom. The van der Waals surface area contributed by atoms with E-state index < -0.39 is 0 Å². The van der Waals surface area contributed by atoms with E-state index in [1.807, 2.05) is 18.2 Å². The molecule has 5 nitrogen and oxygen atoms in total. The quantitative estimate of drug-likeness (QED) is 0.865. The van der Waals surface area contributed by atoms with Gasteiger partial charge >= 0.3 is 0 Å². The van der Waals surface area contributed by atoms with E-state index in [9.17, 15) is 0 Å². The summed E-state index contributed by atoms with van der Waals surface area (Å²) in [6, 6.07) is 5.78. The molecule has 0 fully saturated rings. The fourth-order valence-electron chi connectivity index (χ4n) is 2.01. The molecule has 0 aliphatic carbocycles. The molecule has 1 aliphatic rings. The highest BCUT2D eigenvalue weighted by atomic mass is 16.5. The molecular formula is C14H21N3O2. The van der Waals surface area contributed by atoms with Crippen molar-refractivity contribution in [1.82, 2.24) is 10.6 Å². The molecule has 1 heterocycles. The topological polar surface area (TPSA) is 54.9 Å². The smallest absolute Gasteiger partial charge is 0.191 e. The Balaban J connectivity index is 2.03. The van der Waals surface area contributed by atoms with Crippen LogP contribution in [-0.2, 0) is 6.54 Å². The van der Waals surface area contributed by atoms with E-state index in [1.54, 1.807) is 14.2 Å². The van der Waals surface area contributed by atoms with Crippen molar-refractivity contribution in [1.29, 1.82) is 0 Å². The SMILES string of the molecule is COc1ccc(OC)c(CNC2=NCCCCN2)c1. The molecule has 1 aromatic rings. The number of nitrogens with zero attached hydrogens (tertiary/aromatic N) is 1. The first-order valence-corrected chi connectivity index (χ1v) is 6.56. The van der Waals surface area contributed by atoms with E-state index in [0.29, 0.717) is 6.54 Å². The number of ether oxygens (including phenoxy) is 2. The third-order valence-corrected chi connectivity index (χ3v) is 3.08. The lowest BCUT2D eigenvalue weighted by Gasteiger charge is -2.13. The molecule has 2 rings (SSSR count). The standard InChI is InChI=1S/C14H21N3O2/c1-18-12-5-6-13(19-2)11(9-12)10-17-14-15-7-3-4-8-16-14/h5-6,9H,3-4,7-8,10H2,1-2H3,(H2,15,16,17). The maximum Gasteiger partial charge on any atom is 0.191 e. The highest BCUT2D eigenvalue weighted by molar-refractivity contribution is 5.80. The van der Waals surface area contributed by atoms with Gasteiger partial charge < -0.3 is 20.1 Å². The second kappa shape index (κ2) is 6.87. The van der Waals surface area contributed by atoms with Crippen LogP contribution in [0.15, 0.2) is 23.2 Å². The molecule has 1 aromatic carbocycles. The Hall–Kier alpha value is -1.91. The van der Waals surface area contributed by atoms with E-state index in [1.165, 1.54) is 0 Å². The molecular weight excluding hydrogens is 242 g/mol. The summed E-state index contributed by atoms with van der Waals surface area (Å²) in [4.78, 5) is 4.46. The zero-order valence-corrected chi connectivity index (χ0v) is 11.5. The molecule has 1 aliphatic heterocycles. The lowest BCUT2D eigenvalue weighted by molar-refractivity contribution is 0.398. The van der Waals surface area contributed by atoms with Crippen LogP contribution in [-0.4, -0.2) is 33.3 Å². The van der Waals surface area contributed by atoms with Gasteiger partial charge in [-0.05, 0) is 31.0 Å². The Labute approximate surface area is 114 Å². The number of rotatable bonds is 4. The van der Waals surface area contributed by atoms with Crippen molar-refractivity contribution in [2.45, 2.75) is 19.4 Å². The summed E-state index contributed by atoms with van der Waals surface area (Å²) in [5.41, 5.74) is 1.05. The molecule has 0 atom stereocenters. The van der Waals surface area contributed by atoms with Crippen molar-refractivity contribution < 1.29 is 9.47 Å². The van der Waals surface area contributed by atoms with E-state index in [-0.39, 0.29) is 0 Å². The fourth-order valence-corrected chi connectivity index (χ4v) is 2.01. The van der Waals surface area contributed by atoms with Gasteiger partial charge in [0.15, 0.2) is 5.96 Å². The minimum Gasteiger partial charge on any atom is -0.497 e. The van der Waals surface area contributed by atoms with Crippen LogP contribution in [0, 0.1) is 0 Å². The maximum absolute atomic E-state index is 5.35. The van der Waals surface area contributed by atoms with Gasteiger partial charge in [0.05, 0.1) is 14.2 Å². The molecule has 5 heteroatoms. The second-order valence-corrected chi connectivity index (χ2v) is 4.40. The minimum absolute atomic E-state index is 0.659. The summed E-state index contributed by atoms with van der Waals surface area (Å²) < 4.78 is 10.6. The molecule has 0 unspecified atom stereocenters. The summed E-state index contributed by atoms with van der Waals surface area (Å²) in [7, 11) is 3.34. The summed E-state index contributed by atoms with van der Waals surface area (Å²) in [6.07, 6.45) is 2.30. The second-order valence-electron chi connectivity index (χ2n) is 4.40. The van der Waals surface area contributed by atoms with Crippen molar-refractivity contribution in [2.75, 3.05) is 27.3 Å². The van der Waals surface area contributed by atoms with E-state index >= 15 is 0 Å². The number of benzene rings is 1. The van der Waals surface area contributed by atoms with Crippen LogP contribution in [0.4, 0.5) is 0 Å². The van der Waals surface area contributed by atoms with Crippen LogP contribution >= 0.6 is 0 Å². The average molecular weight is 263 g/mol. The van der Waals surface area contributed by atoms with E-state index in [0.717, 1.165) is 49.0 Å². The maximum atomic E-state index is 5.35. The average Bonchev–Trinajstić information content (AvgIpc) is 2.73. The van der Waals surface area contributed by atoms with Crippen LogP contribution < -0.4 is 20.1 Å². The Morgan fingerprint density at radius 2 is 2.16 bits per heavy atom. The van der Waals surface area contributed by atoms with Crippen molar-refractivity contribution in [3.05, 3.63) is 23.8 Å². The molecule has 0 bridgehead atoms. The normalized spacial score (nSPS) is 14.9. The number of hydrogen-bond donors (Lipinski definition) is 2. The van der Waals surface area contributed by atoms with Gasteiger partial charge in [0.2, 0.25) is 0 Å². The van der Waals surface area contributed by atoms with Crippen molar-refractivity contribution in [2.24, 2.45) is 4.99 Å². The molecule has 2 N–H and O–H groups in total. The third kappa shape index (κ3) is 3.77. The predicted molar refractivity (Wildman–Crippen MR) is 75.9 cm³/mol. The highest BCUT2D eigenvalue weighted by Crippen LogP contribution is 2.23. The molecule has 0 spiro atoms. The molecule has 0 saturated carbocycles. The van der Waals surface area contributed by atoms with Crippen molar-refractivity contribution in [3.8, 4) is 11.5 Å². The van der Waals surface area contributed by atoms with Gasteiger partial charge in [0.1, 0.15) is 11.5 Å². The molecule has 0 aromatic heterocycles. The van der Waals surface area contributed by atoms with Crippen LogP contribution in [0.1, 0.15) is 18.4 Å². The molecule has 104 valence electrons. The van der Waals surface area contributed by atoms with Gasteiger partial charge in [-0.3, -0.25) is 4.99 Å². The van der Waals surface area contributed by atoms with Gasteiger partial charge in [0, 0.05) is 25.2 Å². The zero-order chi connectivity index (χ0) is 13.5.